The van der Waals surface area contributed by atoms with E-state index >= 15 is 0 Å². The molecule has 4 aromatic heterocycles. The molecule has 0 saturated carbocycles. The second-order valence-corrected chi connectivity index (χ2v) is 6.08. The lowest BCUT2D eigenvalue weighted by Gasteiger charge is -2.11. The lowest BCUT2D eigenvalue weighted by atomic mass is 10.3. The maximum absolute atomic E-state index is 5.86. The number of nitrogen functional groups attached to an aromatic ring is 1. The van der Waals surface area contributed by atoms with Crippen LogP contribution in [-0.2, 0) is 13.1 Å². The number of ether oxygens (including phenoxy) is 1. The number of hydrogen-bond donors (Lipinski definition) is 2. The molecule has 0 radical (unpaired) electrons. The van der Waals surface area contributed by atoms with E-state index in [-0.39, 0.29) is 5.95 Å². The molecule has 27 heavy (non-hydrogen) atoms. The lowest BCUT2D eigenvalue weighted by molar-refractivity contribution is 0.391. The van der Waals surface area contributed by atoms with Crippen molar-refractivity contribution in [2.24, 2.45) is 0 Å². The first-order valence-electron chi connectivity index (χ1n) is 8.39. The number of rotatable bonds is 6. The van der Waals surface area contributed by atoms with Gasteiger partial charge in [0.05, 0.1) is 37.6 Å². The van der Waals surface area contributed by atoms with Gasteiger partial charge in [-0.1, -0.05) is 5.16 Å². The first kappa shape index (κ1) is 16.8. The summed E-state index contributed by atoms with van der Waals surface area (Å²) in [4.78, 5) is 13.1. The summed E-state index contributed by atoms with van der Waals surface area (Å²) in [7, 11) is 1.62. The number of methoxy groups -OCH3 is 1. The molecule has 0 aliphatic rings. The fourth-order valence-corrected chi connectivity index (χ4v) is 2.85. The third-order valence-electron chi connectivity index (χ3n) is 4.11. The number of fused-ring (bicyclic) bond motifs is 1. The van der Waals surface area contributed by atoms with Crippen LogP contribution in [0, 0.1) is 6.92 Å². The van der Waals surface area contributed by atoms with Crippen molar-refractivity contribution < 1.29 is 9.26 Å². The summed E-state index contributed by atoms with van der Waals surface area (Å²) in [5.74, 6) is 2.32. The zero-order valence-corrected chi connectivity index (χ0v) is 15.0. The first-order chi connectivity index (χ1) is 13.1. The molecule has 0 aliphatic heterocycles. The average Bonchev–Trinajstić information content (AvgIpc) is 3.26. The molecule has 0 aromatic carbocycles. The Morgan fingerprint density at radius 2 is 2.11 bits per heavy atom. The van der Waals surface area contributed by atoms with Crippen LogP contribution in [0.5, 0.6) is 5.75 Å². The Kier molecular flexibility index (Phi) is 4.33. The van der Waals surface area contributed by atoms with Crippen LogP contribution in [0.4, 0.5) is 11.8 Å². The maximum Gasteiger partial charge on any atom is 0.222 e. The van der Waals surface area contributed by atoms with E-state index in [9.17, 15) is 0 Å². The van der Waals surface area contributed by atoms with Crippen LogP contribution >= 0.6 is 0 Å². The summed E-state index contributed by atoms with van der Waals surface area (Å²) in [6, 6.07) is 7.58. The van der Waals surface area contributed by atoms with Crippen LogP contribution in [0.15, 0.2) is 41.2 Å². The zero-order chi connectivity index (χ0) is 18.8. The van der Waals surface area contributed by atoms with Gasteiger partial charge in [0.15, 0.2) is 5.82 Å². The fraction of sp³-hybridized carbons (Fsp3) is 0.222. The molecule has 3 N–H and O–H groups in total. The summed E-state index contributed by atoms with van der Waals surface area (Å²) in [6.07, 6.45) is 3.64. The zero-order valence-electron chi connectivity index (χ0n) is 15.0. The van der Waals surface area contributed by atoms with E-state index in [2.05, 4.69) is 25.4 Å². The van der Waals surface area contributed by atoms with Crippen molar-refractivity contribution in [2.45, 2.75) is 20.0 Å². The van der Waals surface area contributed by atoms with Gasteiger partial charge in [0.1, 0.15) is 22.7 Å². The normalized spacial score (nSPS) is 11.0. The van der Waals surface area contributed by atoms with E-state index in [1.54, 1.807) is 13.3 Å². The Morgan fingerprint density at radius 1 is 1.22 bits per heavy atom. The van der Waals surface area contributed by atoms with Gasteiger partial charge in [-0.05, 0) is 25.1 Å². The summed E-state index contributed by atoms with van der Waals surface area (Å²) >= 11 is 0. The van der Waals surface area contributed by atoms with Crippen molar-refractivity contribution in [3.8, 4) is 5.75 Å². The van der Waals surface area contributed by atoms with E-state index in [0.29, 0.717) is 18.9 Å². The Morgan fingerprint density at radius 3 is 2.81 bits per heavy atom. The van der Waals surface area contributed by atoms with Crippen LogP contribution in [0.25, 0.3) is 11.0 Å². The second-order valence-electron chi connectivity index (χ2n) is 6.08. The predicted molar refractivity (Wildman–Crippen MR) is 100 cm³/mol. The monoisotopic (exact) mass is 365 g/mol. The number of nitrogens with two attached hydrogens (primary N) is 1. The molecule has 9 nitrogen and oxygen atoms in total. The minimum absolute atomic E-state index is 0.210. The molecular weight excluding hydrogens is 346 g/mol. The number of aryl methyl sites for hydroxylation is 1. The predicted octanol–water partition coefficient (Wildman–Crippen LogP) is 2.37. The molecule has 0 saturated heterocycles. The molecule has 0 atom stereocenters. The average molecular weight is 365 g/mol. The van der Waals surface area contributed by atoms with Gasteiger partial charge in [0.2, 0.25) is 5.95 Å². The van der Waals surface area contributed by atoms with Crippen molar-refractivity contribution >= 4 is 22.8 Å². The van der Waals surface area contributed by atoms with Crippen LogP contribution in [0.2, 0.25) is 0 Å². The summed E-state index contributed by atoms with van der Waals surface area (Å²) < 4.78 is 12.3. The highest BCUT2D eigenvalue weighted by Gasteiger charge is 2.13. The van der Waals surface area contributed by atoms with E-state index < -0.39 is 0 Å². The molecule has 0 bridgehead atoms. The third kappa shape index (κ3) is 3.52. The third-order valence-corrected chi connectivity index (χ3v) is 4.11. The number of anilines is 2. The van der Waals surface area contributed by atoms with Gasteiger partial charge in [-0.15, -0.1) is 0 Å². The molecule has 138 valence electrons. The Balaban J connectivity index is 1.64. The van der Waals surface area contributed by atoms with Crippen molar-refractivity contribution in [3.63, 3.8) is 0 Å². The van der Waals surface area contributed by atoms with E-state index in [4.69, 9.17) is 15.0 Å². The molecule has 0 aliphatic carbocycles. The summed E-state index contributed by atoms with van der Waals surface area (Å²) in [6.45, 7) is 2.89. The van der Waals surface area contributed by atoms with Crippen molar-refractivity contribution in [2.75, 3.05) is 18.2 Å². The highest BCUT2D eigenvalue weighted by atomic mass is 16.5. The molecule has 4 heterocycles. The number of aromatic nitrogens is 5. The quantitative estimate of drug-likeness (QED) is 0.535. The van der Waals surface area contributed by atoms with Crippen LogP contribution in [0.1, 0.15) is 17.1 Å². The molecule has 0 unspecified atom stereocenters. The molecule has 9 heteroatoms. The largest absolute Gasteiger partial charge is 0.495 e. The van der Waals surface area contributed by atoms with E-state index in [1.807, 2.05) is 42.0 Å². The number of nitrogens with zero attached hydrogens (tertiary/aromatic N) is 5. The topological polar surface area (TPSA) is 117 Å². The molecule has 0 fully saturated rings. The van der Waals surface area contributed by atoms with Gasteiger partial charge in [-0.2, -0.15) is 4.98 Å². The van der Waals surface area contributed by atoms with Crippen molar-refractivity contribution in [1.29, 1.82) is 0 Å². The van der Waals surface area contributed by atoms with E-state index in [0.717, 1.165) is 33.9 Å². The number of pyridine rings is 1. The highest BCUT2D eigenvalue weighted by molar-refractivity contribution is 5.87. The van der Waals surface area contributed by atoms with Crippen LogP contribution in [0.3, 0.4) is 0 Å². The first-order valence-corrected chi connectivity index (χ1v) is 8.39. The minimum atomic E-state index is 0.210. The van der Waals surface area contributed by atoms with Gasteiger partial charge in [-0.25, -0.2) is 4.98 Å². The minimum Gasteiger partial charge on any atom is -0.495 e. The Bertz CT molecular complexity index is 1070. The molecule has 0 spiro atoms. The van der Waals surface area contributed by atoms with Gasteiger partial charge in [0.25, 0.3) is 0 Å². The molecular formula is C18H19N7O2. The Labute approximate surface area is 155 Å². The van der Waals surface area contributed by atoms with Gasteiger partial charge >= 0.3 is 0 Å². The van der Waals surface area contributed by atoms with Crippen molar-refractivity contribution in [3.05, 3.63) is 53.8 Å². The second kappa shape index (κ2) is 6.94. The molecule has 4 aromatic rings. The van der Waals surface area contributed by atoms with Gasteiger partial charge in [0, 0.05) is 12.3 Å². The van der Waals surface area contributed by atoms with Gasteiger partial charge < -0.3 is 24.9 Å². The van der Waals surface area contributed by atoms with Crippen LogP contribution in [-0.4, -0.2) is 31.8 Å². The summed E-state index contributed by atoms with van der Waals surface area (Å²) in [5.41, 5.74) is 9.14. The molecule has 0 amide bonds. The smallest absolute Gasteiger partial charge is 0.222 e. The highest BCUT2D eigenvalue weighted by Crippen LogP contribution is 2.24. The number of hydrogen-bond acceptors (Lipinski definition) is 8. The number of nitrogens with one attached hydrogen (secondary N) is 1. The Hall–Kier alpha value is -3.62. The van der Waals surface area contributed by atoms with Gasteiger partial charge in [-0.3, -0.25) is 4.98 Å². The van der Waals surface area contributed by atoms with Crippen LogP contribution < -0.4 is 15.8 Å². The lowest BCUT2D eigenvalue weighted by Crippen LogP contribution is -2.08. The maximum atomic E-state index is 5.86. The summed E-state index contributed by atoms with van der Waals surface area (Å²) in [5, 5.41) is 7.26. The van der Waals surface area contributed by atoms with E-state index in [1.165, 1.54) is 0 Å². The fourth-order valence-electron chi connectivity index (χ4n) is 2.85. The molecule has 4 rings (SSSR count). The van der Waals surface area contributed by atoms with Crippen molar-refractivity contribution in [1.82, 2.24) is 24.7 Å². The SMILES string of the molecule is COc1ccc(Cn2ccc3nc(N)nc(NCc4cc(C)on4)c32)nc1. The standard InChI is InChI=1S/C18H19N7O2/c1-11-7-13(24-27-11)8-21-17-16-15(22-18(19)23-17)5-6-25(16)10-12-3-4-14(26-2)9-20-12/h3-7,9H,8,10H2,1-2H3,(H3,19,21,22,23).